The number of ether oxygens (including phenoxy) is 2. The first-order valence-electron chi connectivity index (χ1n) is 14.4. The van der Waals surface area contributed by atoms with E-state index in [1.807, 2.05) is 46.3 Å². The summed E-state index contributed by atoms with van der Waals surface area (Å²) in [5, 5.41) is 1.10. The fourth-order valence-electron chi connectivity index (χ4n) is 7.29. The van der Waals surface area contributed by atoms with Crippen molar-refractivity contribution in [1.82, 2.24) is 29.7 Å². The lowest BCUT2D eigenvalue weighted by Crippen LogP contribution is -2.65. The maximum atomic E-state index is 14.3. The summed E-state index contributed by atoms with van der Waals surface area (Å²) < 4.78 is 11.2. The Balaban J connectivity index is 1.12. The standard InChI is InChI=1S/C31H32N6O4/c1-18(30-32-10-11-33-30)35-12-8-20(9-13-35)36-16-27(38)37-24(31(36)39)15-22-21-4-2-3-5-23(21)34-28(22)29(37)19-6-7-25-26(14-19)41-17-40-25/h2-7,10-11,14,18,20,24,29,34H,8-9,12-13,15-17H2,1H3,(H,32,33)/t18?,24-,29-/m1/s1. The van der Waals surface area contributed by atoms with E-state index in [2.05, 4.69) is 38.9 Å². The zero-order valence-electron chi connectivity index (χ0n) is 22.9. The molecule has 10 heteroatoms. The molecule has 2 amide bonds. The topological polar surface area (TPSA) is 107 Å². The number of carbonyl (C=O) groups is 2. The molecule has 10 nitrogen and oxygen atoms in total. The molecule has 2 fully saturated rings. The summed E-state index contributed by atoms with van der Waals surface area (Å²) in [7, 11) is 0. The fraction of sp³-hybridized carbons (Fsp3) is 0.387. The van der Waals surface area contributed by atoms with Gasteiger partial charge in [0.2, 0.25) is 18.6 Å². The predicted molar refractivity (Wildman–Crippen MR) is 150 cm³/mol. The van der Waals surface area contributed by atoms with Gasteiger partial charge in [0, 0.05) is 54.5 Å². The maximum Gasteiger partial charge on any atom is 0.246 e. The molecular formula is C31H32N6O4. The van der Waals surface area contributed by atoms with Crippen molar-refractivity contribution >= 4 is 22.7 Å². The van der Waals surface area contributed by atoms with Gasteiger partial charge < -0.3 is 29.2 Å². The molecule has 2 aromatic heterocycles. The average molecular weight is 553 g/mol. The molecule has 210 valence electrons. The summed E-state index contributed by atoms with van der Waals surface area (Å²) in [6.45, 7) is 4.14. The van der Waals surface area contributed by atoms with Gasteiger partial charge in [-0.25, -0.2) is 4.98 Å². The van der Waals surface area contributed by atoms with Crippen molar-refractivity contribution in [2.75, 3.05) is 26.4 Å². The second kappa shape index (κ2) is 9.37. The summed E-state index contributed by atoms with van der Waals surface area (Å²) in [5.41, 5.74) is 3.99. The van der Waals surface area contributed by atoms with Crippen molar-refractivity contribution in [3.8, 4) is 11.5 Å². The number of amides is 2. The molecule has 6 heterocycles. The number of carbonyl (C=O) groups excluding carboxylic acids is 2. The number of nitrogens with zero attached hydrogens (tertiary/aromatic N) is 4. The number of fused-ring (bicyclic) bond motifs is 5. The van der Waals surface area contributed by atoms with Crippen LogP contribution in [0.5, 0.6) is 11.5 Å². The van der Waals surface area contributed by atoms with Crippen LogP contribution >= 0.6 is 0 Å². The highest BCUT2D eigenvalue weighted by Gasteiger charge is 2.50. The lowest BCUT2D eigenvalue weighted by atomic mass is 9.85. The molecule has 2 N–H and O–H groups in total. The summed E-state index contributed by atoms with van der Waals surface area (Å²) in [5.74, 6) is 2.33. The molecule has 0 radical (unpaired) electrons. The number of likely N-dealkylation sites (tertiary alicyclic amines) is 1. The highest BCUT2D eigenvalue weighted by atomic mass is 16.7. The number of piperidine rings is 1. The largest absolute Gasteiger partial charge is 0.454 e. The molecule has 41 heavy (non-hydrogen) atoms. The third-order valence-corrected chi connectivity index (χ3v) is 9.41. The van der Waals surface area contributed by atoms with Crippen LogP contribution in [0.1, 0.15) is 54.5 Å². The number of hydrogen-bond donors (Lipinski definition) is 2. The molecular weight excluding hydrogens is 520 g/mol. The monoisotopic (exact) mass is 552 g/mol. The van der Waals surface area contributed by atoms with E-state index in [0.29, 0.717) is 17.9 Å². The van der Waals surface area contributed by atoms with Crippen LogP contribution in [-0.2, 0) is 16.0 Å². The van der Waals surface area contributed by atoms with Crippen LogP contribution in [0.3, 0.4) is 0 Å². The van der Waals surface area contributed by atoms with Crippen LogP contribution in [-0.4, -0.2) is 80.0 Å². The predicted octanol–water partition coefficient (Wildman–Crippen LogP) is 3.53. The van der Waals surface area contributed by atoms with Gasteiger partial charge in [-0.05, 0) is 49.1 Å². The highest BCUT2D eigenvalue weighted by molar-refractivity contribution is 5.98. The molecule has 2 aromatic carbocycles. The Hall–Kier alpha value is -4.31. The smallest absolute Gasteiger partial charge is 0.246 e. The van der Waals surface area contributed by atoms with Gasteiger partial charge in [-0.2, -0.15) is 0 Å². The van der Waals surface area contributed by atoms with Crippen molar-refractivity contribution < 1.29 is 19.1 Å². The zero-order valence-corrected chi connectivity index (χ0v) is 22.9. The Morgan fingerprint density at radius 2 is 1.88 bits per heavy atom. The van der Waals surface area contributed by atoms with Crippen LogP contribution < -0.4 is 9.47 Å². The number of imidazole rings is 1. The number of H-pyrrole nitrogens is 2. The molecule has 0 saturated carbocycles. The van der Waals surface area contributed by atoms with E-state index in [1.54, 1.807) is 6.20 Å². The van der Waals surface area contributed by atoms with E-state index < -0.39 is 12.1 Å². The lowest BCUT2D eigenvalue weighted by molar-refractivity contribution is -0.162. The van der Waals surface area contributed by atoms with E-state index in [4.69, 9.17) is 9.47 Å². The second-order valence-corrected chi connectivity index (χ2v) is 11.5. The Labute approximate surface area is 237 Å². The number of hydrogen-bond acceptors (Lipinski definition) is 6. The molecule has 0 bridgehead atoms. The van der Waals surface area contributed by atoms with Crippen LogP contribution in [0.15, 0.2) is 54.9 Å². The molecule has 2 saturated heterocycles. The van der Waals surface area contributed by atoms with Crippen molar-refractivity contribution in [2.24, 2.45) is 0 Å². The van der Waals surface area contributed by atoms with Crippen LogP contribution in [0.4, 0.5) is 0 Å². The number of benzene rings is 2. The van der Waals surface area contributed by atoms with Gasteiger partial charge in [-0.1, -0.05) is 24.3 Å². The highest BCUT2D eigenvalue weighted by Crippen LogP contribution is 2.45. The summed E-state index contributed by atoms with van der Waals surface area (Å²) in [6.07, 6.45) is 5.79. The minimum atomic E-state index is -0.557. The van der Waals surface area contributed by atoms with Gasteiger partial charge in [-0.3, -0.25) is 14.5 Å². The lowest BCUT2D eigenvalue weighted by Gasteiger charge is -2.50. The van der Waals surface area contributed by atoms with Crippen molar-refractivity contribution in [3.05, 3.63) is 77.5 Å². The molecule has 0 spiro atoms. The minimum Gasteiger partial charge on any atom is -0.454 e. The van der Waals surface area contributed by atoms with Crippen LogP contribution in [0, 0.1) is 0 Å². The Morgan fingerprint density at radius 1 is 1.05 bits per heavy atom. The summed E-state index contributed by atoms with van der Waals surface area (Å²) >= 11 is 0. The summed E-state index contributed by atoms with van der Waals surface area (Å²) in [4.78, 5) is 45.7. The molecule has 4 aliphatic heterocycles. The third kappa shape index (κ3) is 3.84. The fourth-order valence-corrected chi connectivity index (χ4v) is 7.29. The van der Waals surface area contributed by atoms with Gasteiger partial charge in [-0.15, -0.1) is 0 Å². The quantitative estimate of drug-likeness (QED) is 0.401. The van der Waals surface area contributed by atoms with Crippen LogP contribution in [0.2, 0.25) is 0 Å². The van der Waals surface area contributed by atoms with E-state index in [9.17, 15) is 9.59 Å². The minimum absolute atomic E-state index is 0.0204. The van der Waals surface area contributed by atoms with Crippen molar-refractivity contribution in [3.63, 3.8) is 0 Å². The number of para-hydroxylation sites is 1. The number of aromatic amines is 2. The van der Waals surface area contributed by atoms with Crippen molar-refractivity contribution in [2.45, 2.75) is 50.4 Å². The normalized spacial score (nSPS) is 23.6. The average Bonchev–Trinajstić information content (AvgIpc) is 3.77. The summed E-state index contributed by atoms with van der Waals surface area (Å²) in [6, 6.07) is 13.3. The Morgan fingerprint density at radius 3 is 2.71 bits per heavy atom. The first-order chi connectivity index (χ1) is 20.1. The van der Waals surface area contributed by atoms with Gasteiger partial charge in [0.1, 0.15) is 18.4 Å². The Bertz CT molecular complexity index is 1640. The maximum absolute atomic E-state index is 14.3. The Kier molecular flexibility index (Phi) is 5.60. The molecule has 0 aliphatic carbocycles. The third-order valence-electron chi connectivity index (χ3n) is 9.41. The van der Waals surface area contributed by atoms with Gasteiger partial charge in [0.05, 0.1) is 12.1 Å². The first-order valence-corrected chi connectivity index (χ1v) is 14.4. The van der Waals surface area contributed by atoms with E-state index >= 15 is 0 Å². The number of aromatic nitrogens is 3. The van der Waals surface area contributed by atoms with Gasteiger partial charge >= 0.3 is 0 Å². The molecule has 1 unspecified atom stereocenters. The number of piperazine rings is 1. The molecule has 4 aliphatic rings. The zero-order chi connectivity index (χ0) is 27.7. The van der Waals surface area contributed by atoms with Gasteiger partial charge in [0.15, 0.2) is 11.5 Å². The molecule has 8 rings (SSSR count). The number of rotatable bonds is 4. The van der Waals surface area contributed by atoms with Gasteiger partial charge in [0.25, 0.3) is 0 Å². The number of nitrogens with one attached hydrogen (secondary N) is 2. The van der Waals surface area contributed by atoms with Crippen molar-refractivity contribution in [1.29, 1.82) is 0 Å². The SMILES string of the molecule is CC(c1ncc[nH]1)N1CCC(N2CC(=O)N3[C@H](c4ccc5c(c4)OCO5)c4[nH]c5ccccc5c4C[C@@H]3C2=O)CC1. The van der Waals surface area contributed by atoms with E-state index in [1.165, 1.54) is 0 Å². The van der Waals surface area contributed by atoms with E-state index in [0.717, 1.165) is 59.5 Å². The van der Waals surface area contributed by atoms with E-state index in [-0.39, 0.29) is 37.2 Å². The first kappa shape index (κ1) is 24.5. The molecule has 3 atom stereocenters. The van der Waals surface area contributed by atoms with Crippen LogP contribution in [0.25, 0.3) is 10.9 Å². The second-order valence-electron chi connectivity index (χ2n) is 11.5. The molecule has 4 aromatic rings.